The van der Waals surface area contributed by atoms with E-state index in [-0.39, 0.29) is 5.91 Å². The standard InChI is InChI=1S/C17H19N3O4/c21-17(18-8-11-3-4-22-10-11)13-9-19-20-16(13)12-1-2-14-15(7-12)24-6-5-23-14/h1-2,7,9,11H,3-6,8,10H2,(H,18,21)(H,19,20)/t11-/m0/s1. The quantitative estimate of drug-likeness (QED) is 0.890. The van der Waals surface area contributed by atoms with Crippen LogP contribution in [0.15, 0.2) is 24.4 Å². The van der Waals surface area contributed by atoms with E-state index in [0.29, 0.717) is 49.3 Å². The maximum atomic E-state index is 12.5. The maximum Gasteiger partial charge on any atom is 0.255 e. The minimum Gasteiger partial charge on any atom is -0.486 e. The molecule has 7 nitrogen and oxygen atoms in total. The van der Waals surface area contributed by atoms with Gasteiger partial charge in [-0.25, -0.2) is 0 Å². The summed E-state index contributed by atoms with van der Waals surface area (Å²) in [4.78, 5) is 12.5. The molecule has 24 heavy (non-hydrogen) atoms. The van der Waals surface area contributed by atoms with Gasteiger partial charge in [-0.05, 0) is 24.6 Å². The van der Waals surface area contributed by atoms with Gasteiger partial charge >= 0.3 is 0 Å². The molecule has 2 N–H and O–H groups in total. The van der Waals surface area contributed by atoms with Crippen LogP contribution in [-0.2, 0) is 4.74 Å². The van der Waals surface area contributed by atoms with E-state index < -0.39 is 0 Å². The molecule has 1 saturated heterocycles. The predicted octanol–water partition coefficient (Wildman–Crippen LogP) is 1.61. The number of ether oxygens (including phenoxy) is 3. The number of benzene rings is 1. The Morgan fingerprint density at radius 2 is 2.12 bits per heavy atom. The van der Waals surface area contributed by atoms with Crippen LogP contribution >= 0.6 is 0 Å². The molecule has 4 rings (SSSR count). The third-order valence-corrected chi connectivity index (χ3v) is 4.29. The van der Waals surface area contributed by atoms with Gasteiger partial charge in [-0.15, -0.1) is 0 Å². The Bertz CT molecular complexity index is 737. The fraction of sp³-hybridized carbons (Fsp3) is 0.412. The van der Waals surface area contributed by atoms with Crippen LogP contribution in [0.2, 0.25) is 0 Å². The Balaban J connectivity index is 1.52. The molecule has 1 aromatic carbocycles. The van der Waals surface area contributed by atoms with Gasteiger partial charge in [-0.3, -0.25) is 9.89 Å². The Hall–Kier alpha value is -2.54. The average Bonchev–Trinajstić information content (AvgIpc) is 3.31. The van der Waals surface area contributed by atoms with Gasteiger partial charge in [0, 0.05) is 24.6 Å². The molecule has 1 atom stereocenters. The number of nitrogens with one attached hydrogen (secondary N) is 2. The van der Waals surface area contributed by atoms with Crippen molar-refractivity contribution < 1.29 is 19.0 Å². The number of nitrogens with zero attached hydrogens (tertiary/aromatic N) is 1. The third-order valence-electron chi connectivity index (χ3n) is 4.29. The highest BCUT2D eigenvalue weighted by Crippen LogP contribution is 2.34. The van der Waals surface area contributed by atoms with Crippen LogP contribution < -0.4 is 14.8 Å². The fourth-order valence-electron chi connectivity index (χ4n) is 2.95. The van der Waals surface area contributed by atoms with Gasteiger partial charge in [0.25, 0.3) is 5.91 Å². The SMILES string of the molecule is O=C(NC[C@@H]1CCOC1)c1cn[nH]c1-c1ccc2c(c1)OCCO2. The zero-order valence-electron chi connectivity index (χ0n) is 13.2. The van der Waals surface area contributed by atoms with E-state index in [2.05, 4.69) is 15.5 Å². The van der Waals surface area contributed by atoms with Gasteiger partial charge in [0.1, 0.15) is 13.2 Å². The Kier molecular flexibility index (Phi) is 4.08. The summed E-state index contributed by atoms with van der Waals surface area (Å²) in [5.41, 5.74) is 2.03. The molecule has 0 saturated carbocycles. The van der Waals surface area contributed by atoms with Crippen molar-refractivity contribution in [3.63, 3.8) is 0 Å². The van der Waals surface area contributed by atoms with Gasteiger partial charge < -0.3 is 19.5 Å². The number of amides is 1. The monoisotopic (exact) mass is 329 g/mol. The molecule has 0 aliphatic carbocycles. The van der Waals surface area contributed by atoms with Crippen molar-refractivity contribution in [2.24, 2.45) is 5.92 Å². The van der Waals surface area contributed by atoms with Crippen LogP contribution in [0.25, 0.3) is 11.3 Å². The topological polar surface area (TPSA) is 85.5 Å². The average molecular weight is 329 g/mol. The maximum absolute atomic E-state index is 12.5. The van der Waals surface area contributed by atoms with Gasteiger partial charge in [-0.2, -0.15) is 5.10 Å². The molecule has 2 aliphatic rings. The first-order valence-electron chi connectivity index (χ1n) is 8.10. The Morgan fingerprint density at radius 3 is 2.96 bits per heavy atom. The lowest BCUT2D eigenvalue weighted by atomic mass is 10.1. The first kappa shape index (κ1) is 15.0. The number of fused-ring (bicyclic) bond motifs is 1. The lowest BCUT2D eigenvalue weighted by Crippen LogP contribution is -2.29. The lowest BCUT2D eigenvalue weighted by molar-refractivity contribution is 0.0945. The minimum atomic E-state index is -0.138. The minimum absolute atomic E-state index is 0.138. The van der Waals surface area contributed by atoms with Crippen LogP contribution in [-0.4, -0.2) is 49.1 Å². The molecular formula is C17H19N3O4. The summed E-state index contributed by atoms with van der Waals surface area (Å²) in [6.45, 7) is 3.17. The van der Waals surface area contributed by atoms with Crippen molar-refractivity contribution in [2.75, 3.05) is 33.0 Å². The molecule has 7 heteroatoms. The predicted molar refractivity (Wildman–Crippen MR) is 86.3 cm³/mol. The van der Waals surface area contributed by atoms with E-state index in [4.69, 9.17) is 14.2 Å². The molecule has 0 unspecified atom stereocenters. The summed E-state index contributed by atoms with van der Waals surface area (Å²) >= 11 is 0. The summed E-state index contributed by atoms with van der Waals surface area (Å²) in [6.07, 6.45) is 2.54. The summed E-state index contributed by atoms with van der Waals surface area (Å²) in [7, 11) is 0. The molecule has 3 heterocycles. The smallest absolute Gasteiger partial charge is 0.255 e. The van der Waals surface area contributed by atoms with Crippen molar-refractivity contribution in [3.05, 3.63) is 30.0 Å². The summed E-state index contributed by atoms with van der Waals surface area (Å²) in [5.74, 6) is 1.65. The number of aromatic amines is 1. The second-order valence-electron chi connectivity index (χ2n) is 5.96. The fourth-order valence-corrected chi connectivity index (χ4v) is 2.95. The second-order valence-corrected chi connectivity index (χ2v) is 5.96. The van der Waals surface area contributed by atoms with Crippen molar-refractivity contribution in [1.29, 1.82) is 0 Å². The number of H-pyrrole nitrogens is 1. The normalized spacial score (nSPS) is 19.2. The first-order chi connectivity index (χ1) is 11.8. The van der Waals surface area contributed by atoms with Crippen LogP contribution in [0.3, 0.4) is 0 Å². The van der Waals surface area contributed by atoms with Crippen LogP contribution in [0.5, 0.6) is 11.5 Å². The highest BCUT2D eigenvalue weighted by atomic mass is 16.6. The molecule has 2 aliphatic heterocycles. The van der Waals surface area contributed by atoms with Crippen molar-refractivity contribution in [3.8, 4) is 22.8 Å². The van der Waals surface area contributed by atoms with E-state index in [9.17, 15) is 4.79 Å². The van der Waals surface area contributed by atoms with E-state index in [1.807, 2.05) is 18.2 Å². The molecule has 0 spiro atoms. The van der Waals surface area contributed by atoms with Crippen LogP contribution in [0.1, 0.15) is 16.8 Å². The molecule has 0 radical (unpaired) electrons. The largest absolute Gasteiger partial charge is 0.486 e. The third kappa shape index (κ3) is 2.94. The van der Waals surface area contributed by atoms with Gasteiger partial charge in [0.2, 0.25) is 0 Å². The Labute approximate surface area is 139 Å². The lowest BCUT2D eigenvalue weighted by Gasteiger charge is -2.18. The zero-order chi connectivity index (χ0) is 16.4. The number of hydrogen-bond acceptors (Lipinski definition) is 5. The van der Waals surface area contributed by atoms with E-state index >= 15 is 0 Å². The molecule has 1 fully saturated rings. The van der Waals surface area contributed by atoms with Crippen molar-refractivity contribution >= 4 is 5.91 Å². The highest BCUT2D eigenvalue weighted by Gasteiger charge is 2.21. The van der Waals surface area contributed by atoms with Gasteiger partial charge in [0.05, 0.1) is 24.1 Å². The number of carbonyl (C=O) groups is 1. The summed E-state index contributed by atoms with van der Waals surface area (Å²) < 4.78 is 16.5. The number of carbonyl (C=O) groups excluding carboxylic acids is 1. The molecular weight excluding hydrogens is 310 g/mol. The van der Waals surface area contributed by atoms with Crippen LogP contribution in [0, 0.1) is 5.92 Å². The van der Waals surface area contributed by atoms with Gasteiger partial charge in [0.15, 0.2) is 11.5 Å². The Morgan fingerprint density at radius 1 is 1.25 bits per heavy atom. The van der Waals surface area contributed by atoms with E-state index in [1.165, 1.54) is 0 Å². The molecule has 126 valence electrons. The van der Waals surface area contributed by atoms with E-state index in [0.717, 1.165) is 24.3 Å². The molecule has 0 bridgehead atoms. The molecule has 1 amide bonds. The summed E-state index contributed by atoms with van der Waals surface area (Å²) in [5, 5.41) is 9.90. The molecule has 1 aromatic heterocycles. The van der Waals surface area contributed by atoms with Crippen LogP contribution in [0.4, 0.5) is 0 Å². The first-order valence-corrected chi connectivity index (χ1v) is 8.10. The molecule has 2 aromatic rings. The number of hydrogen-bond donors (Lipinski definition) is 2. The number of rotatable bonds is 4. The van der Waals surface area contributed by atoms with Crippen molar-refractivity contribution in [1.82, 2.24) is 15.5 Å². The van der Waals surface area contributed by atoms with Crippen molar-refractivity contribution in [2.45, 2.75) is 6.42 Å². The second kappa shape index (κ2) is 6.52. The number of aromatic nitrogens is 2. The summed E-state index contributed by atoms with van der Waals surface area (Å²) in [6, 6.07) is 5.61. The van der Waals surface area contributed by atoms with Gasteiger partial charge in [-0.1, -0.05) is 0 Å². The zero-order valence-corrected chi connectivity index (χ0v) is 13.2. The highest BCUT2D eigenvalue weighted by molar-refractivity contribution is 5.99. The van der Waals surface area contributed by atoms with E-state index in [1.54, 1.807) is 6.20 Å².